The van der Waals surface area contributed by atoms with Gasteiger partial charge in [0.2, 0.25) is 6.43 Å². The van der Waals surface area contributed by atoms with Crippen LogP contribution in [0.15, 0.2) is 0 Å². The first-order valence-corrected chi connectivity index (χ1v) is 10.1. The second-order valence-electron chi connectivity index (χ2n) is 4.37. The number of unbranched alkanes of at least 4 members (excludes halogenated alkanes) is 3. The lowest BCUT2D eigenvalue weighted by atomic mass is 10.2. The van der Waals surface area contributed by atoms with Crippen molar-refractivity contribution in [1.82, 2.24) is 0 Å². The zero-order valence-electron chi connectivity index (χ0n) is 10.0. The minimum atomic E-state index is -5.32. The minimum absolute atomic E-state index is 0.00319. The van der Waals surface area contributed by atoms with E-state index in [4.69, 9.17) is 0 Å². The van der Waals surface area contributed by atoms with Gasteiger partial charge in [-0.15, -0.1) is 0 Å². The fraction of sp³-hybridized carbons (Fsp3) is 1.00. The molecule has 0 atom stereocenters. The second kappa shape index (κ2) is 10.0. The number of rotatable bonds is 11. The van der Waals surface area contributed by atoms with Crippen LogP contribution in [0, 0.1) is 0 Å². The van der Waals surface area contributed by atoms with Crippen molar-refractivity contribution in [3.8, 4) is 0 Å². The van der Waals surface area contributed by atoms with Crippen LogP contribution in [-0.4, -0.2) is 25.0 Å². The molecule has 0 unspecified atom stereocenters. The summed E-state index contributed by atoms with van der Waals surface area (Å²) < 4.78 is 59.3. The van der Waals surface area contributed by atoms with E-state index in [-0.39, 0.29) is 22.4 Å². The van der Waals surface area contributed by atoms with Crippen molar-refractivity contribution < 1.29 is 21.1 Å². The summed E-state index contributed by atoms with van der Waals surface area (Å²) in [6.07, 6.45) is 1.23. The molecule has 0 saturated heterocycles. The van der Waals surface area contributed by atoms with Crippen molar-refractivity contribution in [2.45, 2.75) is 63.1 Å². The normalized spacial score (nSPS) is 13.1. The maximum absolute atomic E-state index is 11.9. The molecule has 104 valence electrons. The SMILES string of the molecule is FC(F)CCC[SiH2]CCCCCC[Si](F)(F)F. The number of hydrogen-bond acceptors (Lipinski definition) is 0. The van der Waals surface area contributed by atoms with Crippen molar-refractivity contribution in [3.63, 3.8) is 0 Å². The Morgan fingerprint density at radius 3 is 2.00 bits per heavy atom. The monoisotopic (exact) mass is 292 g/mol. The van der Waals surface area contributed by atoms with Crippen molar-refractivity contribution in [2.24, 2.45) is 0 Å². The maximum atomic E-state index is 11.9. The molecule has 0 amide bonds. The van der Waals surface area contributed by atoms with Crippen LogP contribution in [0.1, 0.15) is 38.5 Å². The molecule has 0 aliphatic carbocycles. The lowest BCUT2D eigenvalue weighted by molar-refractivity contribution is 0.136. The van der Waals surface area contributed by atoms with Gasteiger partial charge in [-0.2, -0.15) is 0 Å². The highest BCUT2D eigenvalue weighted by atomic mass is 28.5. The van der Waals surface area contributed by atoms with E-state index in [1.54, 1.807) is 0 Å². The van der Waals surface area contributed by atoms with Gasteiger partial charge in [0.25, 0.3) is 0 Å². The van der Waals surface area contributed by atoms with Crippen LogP contribution in [0.4, 0.5) is 21.1 Å². The highest BCUT2D eigenvalue weighted by molar-refractivity contribution is 6.58. The van der Waals surface area contributed by atoms with E-state index in [1.165, 1.54) is 0 Å². The van der Waals surface area contributed by atoms with E-state index in [0.717, 1.165) is 24.9 Å². The fourth-order valence-corrected chi connectivity index (χ4v) is 4.04. The molecule has 0 fully saturated rings. The third-order valence-electron chi connectivity index (χ3n) is 2.63. The van der Waals surface area contributed by atoms with Crippen LogP contribution < -0.4 is 0 Å². The molecule has 0 aromatic carbocycles. The summed E-state index contributed by atoms with van der Waals surface area (Å²) >= 11 is 0. The standard InChI is InChI=1S/C10H21F5Si2/c11-10(12)6-5-8-16-7-3-1-2-4-9-17(13,14)15/h10H,1-9,16H2. The fourth-order valence-electron chi connectivity index (χ4n) is 1.68. The first-order valence-electron chi connectivity index (χ1n) is 6.27. The predicted octanol–water partition coefficient (Wildman–Crippen LogP) is 4.44. The summed E-state index contributed by atoms with van der Waals surface area (Å²) in [7, 11) is -5.56. The molecule has 0 aliphatic rings. The third-order valence-corrected chi connectivity index (χ3v) is 5.55. The molecule has 7 heteroatoms. The van der Waals surface area contributed by atoms with Crippen LogP contribution >= 0.6 is 0 Å². The van der Waals surface area contributed by atoms with Gasteiger partial charge >= 0.3 is 9.08 Å². The Balaban J connectivity index is 3.04. The number of hydrogen-bond donors (Lipinski definition) is 0. The van der Waals surface area contributed by atoms with Gasteiger partial charge in [0.1, 0.15) is 0 Å². The van der Waals surface area contributed by atoms with E-state index in [1.807, 2.05) is 0 Å². The van der Waals surface area contributed by atoms with Crippen LogP contribution in [0.3, 0.4) is 0 Å². The zero-order chi connectivity index (χ0) is 13.1. The van der Waals surface area contributed by atoms with Crippen LogP contribution in [0.5, 0.6) is 0 Å². The zero-order valence-corrected chi connectivity index (χ0v) is 12.5. The van der Waals surface area contributed by atoms with Crippen molar-refractivity contribution in [3.05, 3.63) is 0 Å². The summed E-state index contributed by atoms with van der Waals surface area (Å²) in [5, 5.41) is 0. The van der Waals surface area contributed by atoms with Crippen LogP contribution in [-0.2, 0) is 0 Å². The largest absolute Gasteiger partial charge is 0.616 e. The Hall–Kier alpha value is 0.0838. The van der Waals surface area contributed by atoms with Gasteiger partial charge in [-0.25, -0.2) is 21.1 Å². The molecule has 0 aromatic rings. The molecule has 0 bridgehead atoms. The molecule has 0 spiro atoms. The molecule has 0 rings (SSSR count). The van der Waals surface area contributed by atoms with E-state index >= 15 is 0 Å². The van der Waals surface area contributed by atoms with Crippen LogP contribution in [0.2, 0.25) is 18.1 Å². The smallest absolute Gasteiger partial charge is 0.238 e. The molecule has 0 aliphatic heterocycles. The first kappa shape index (κ1) is 17.1. The van der Waals surface area contributed by atoms with E-state index < -0.39 is 21.5 Å². The van der Waals surface area contributed by atoms with Crippen molar-refractivity contribution >= 4 is 18.6 Å². The van der Waals surface area contributed by atoms with Gasteiger partial charge in [-0.05, 0) is 6.42 Å². The molecule has 0 radical (unpaired) electrons. The Morgan fingerprint density at radius 2 is 1.41 bits per heavy atom. The molecule has 17 heavy (non-hydrogen) atoms. The van der Waals surface area contributed by atoms with Crippen molar-refractivity contribution in [2.75, 3.05) is 0 Å². The lowest BCUT2D eigenvalue weighted by Gasteiger charge is -2.03. The molecule has 0 saturated carbocycles. The summed E-state index contributed by atoms with van der Waals surface area (Å²) in [6.45, 7) is 0. The summed E-state index contributed by atoms with van der Waals surface area (Å²) in [6, 6.07) is 1.49. The lowest BCUT2D eigenvalue weighted by Crippen LogP contribution is -2.13. The van der Waals surface area contributed by atoms with E-state index in [9.17, 15) is 21.1 Å². The second-order valence-corrected chi connectivity index (χ2v) is 8.23. The Kier molecular flexibility index (Phi) is 10.1. The Labute approximate surface area is 103 Å². The quantitative estimate of drug-likeness (QED) is 0.228. The summed E-state index contributed by atoms with van der Waals surface area (Å²) in [4.78, 5) is 0. The minimum Gasteiger partial charge on any atom is -0.238 e. The van der Waals surface area contributed by atoms with Gasteiger partial charge < -0.3 is 0 Å². The first-order chi connectivity index (χ1) is 7.92. The average Bonchev–Trinajstić information content (AvgIpc) is 2.18. The molecule has 0 heterocycles. The summed E-state index contributed by atoms with van der Waals surface area (Å²) in [5.74, 6) is 0. The predicted molar refractivity (Wildman–Crippen MR) is 65.7 cm³/mol. The molecular weight excluding hydrogens is 271 g/mol. The molecule has 0 N–H and O–H groups in total. The van der Waals surface area contributed by atoms with E-state index in [2.05, 4.69) is 0 Å². The Bertz CT molecular complexity index is 173. The highest BCUT2D eigenvalue weighted by Gasteiger charge is 2.35. The number of alkyl halides is 2. The summed E-state index contributed by atoms with van der Waals surface area (Å²) in [5.41, 5.74) is 0. The molecular formula is C10H21F5Si2. The molecule has 0 aromatic heterocycles. The topological polar surface area (TPSA) is 0 Å². The molecule has 0 nitrogen and oxygen atoms in total. The van der Waals surface area contributed by atoms with Gasteiger partial charge in [0.05, 0.1) is 0 Å². The maximum Gasteiger partial charge on any atom is 0.616 e. The number of halogens is 5. The van der Waals surface area contributed by atoms with Crippen LogP contribution in [0.25, 0.3) is 0 Å². The Morgan fingerprint density at radius 1 is 0.824 bits per heavy atom. The van der Waals surface area contributed by atoms with Gasteiger partial charge in [-0.1, -0.05) is 37.8 Å². The average molecular weight is 292 g/mol. The highest BCUT2D eigenvalue weighted by Crippen LogP contribution is 2.19. The van der Waals surface area contributed by atoms with E-state index in [0.29, 0.717) is 12.8 Å². The van der Waals surface area contributed by atoms with Gasteiger partial charge in [0.15, 0.2) is 0 Å². The van der Waals surface area contributed by atoms with Gasteiger partial charge in [0, 0.05) is 22.0 Å². The van der Waals surface area contributed by atoms with Crippen molar-refractivity contribution in [1.29, 1.82) is 0 Å². The third kappa shape index (κ3) is 16.1. The van der Waals surface area contributed by atoms with Gasteiger partial charge in [-0.3, -0.25) is 0 Å².